The third kappa shape index (κ3) is 3.62. The number of halogens is 1. The molecule has 0 unspecified atom stereocenters. The van der Waals surface area contributed by atoms with Gasteiger partial charge in [-0.3, -0.25) is 0 Å². The van der Waals surface area contributed by atoms with Gasteiger partial charge in [0, 0.05) is 0 Å². The Hall–Kier alpha value is -0.730. The lowest BCUT2D eigenvalue weighted by Gasteiger charge is -2.22. The van der Waals surface area contributed by atoms with Crippen molar-refractivity contribution >= 4 is 11.6 Å². The Morgan fingerprint density at radius 3 is 2.76 bits per heavy atom. The van der Waals surface area contributed by atoms with Crippen molar-refractivity contribution < 1.29 is 4.74 Å². The Morgan fingerprint density at radius 2 is 2.12 bits per heavy atom. The first-order valence-corrected chi connectivity index (χ1v) is 6.79. The maximum atomic E-state index is 6.19. The molecular weight excluding hydrogens is 234 g/mol. The summed E-state index contributed by atoms with van der Waals surface area (Å²) >= 11 is 6.19. The molecule has 0 radical (unpaired) electrons. The lowest BCUT2D eigenvalue weighted by atomic mass is 9.91. The van der Waals surface area contributed by atoms with Gasteiger partial charge in [0.2, 0.25) is 0 Å². The van der Waals surface area contributed by atoms with Crippen molar-refractivity contribution in [2.75, 3.05) is 19.7 Å². The van der Waals surface area contributed by atoms with Gasteiger partial charge in [0.15, 0.2) is 0 Å². The maximum Gasteiger partial charge on any atom is 0.137 e. The Morgan fingerprint density at radius 1 is 1.35 bits per heavy atom. The predicted molar refractivity (Wildman–Crippen MR) is 71.9 cm³/mol. The van der Waals surface area contributed by atoms with Crippen LogP contribution in [0.15, 0.2) is 18.2 Å². The van der Waals surface area contributed by atoms with E-state index in [4.69, 9.17) is 16.3 Å². The van der Waals surface area contributed by atoms with E-state index in [1.54, 1.807) is 0 Å². The largest absolute Gasteiger partial charge is 0.492 e. The molecule has 0 bridgehead atoms. The first kappa shape index (κ1) is 12.7. The zero-order valence-electron chi connectivity index (χ0n) is 10.3. The van der Waals surface area contributed by atoms with Crippen LogP contribution in [0.5, 0.6) is 5.75 Å². The molecule has 0 aliphatic carbocycles. The standard InChI is InChI=1S/C14H20ClNO/c1-2-17-14-4-3-12(10-13(14)15)9-11-5-7-16-8-6-11/h3-4,10-11,16H,2,5-9H2,1H3. The number of piperidine rings is 1. The molecule has 0 spiro atoms. The number of ether oxygens (including phenoxy) is 1. The van der Waals surface area contributed by atoms with Crippen molar-refractivity contribution in [3.63, 3.8) is 0 Å². The van der Waals surface area contributed by atoms with Gasteiger partial charge in [-0.15, -0.1) is 0 Å². The molecule has 1 aromatic rings. The number of hydrogen-bond donors (Lipinski definition) is 1. The van der Waals surface area contributed by atoms with E-state index in [2.05, 4.69) is 17.4 Å². The molecule has 0 amide bonds. The molecule has 0 atom stereocenters. The summed E-state index contributed by atoms with van der Waals surface area (Å²) < 4.78 is 5.44. The van der Waals surface area contributed by atoms with Crippen molar-refractivity contribution in [2.24, 2.45) is 5.92 Å². The van der Waals surface area contributed by atoms with Crippen LogP contribution in [0.25, 0.3) is 0 Å². The lowest BCUT2D eigenvalue weighted by Crippen LogP contribution is -2.28. The van der Waals surface area contributed by atoms with Crippen LogP contribution in [-0.4, -0.2) is 19.7 Å². The van der Waals surface area contributed by atoms with Crippen LogP contribution in [0.1, 0.15) is 25.3 Å². The molecule has 1 saturated heterocycles. The minimum Gasteiger partial charge on any atom is -0.492 e. The van der Waals surface area contributed by atoms with Gasteiger partial charge in [0.25, 0.3) is 0 Å². The van der Waals surface area contributed by atoms with E-state index >= 15 is 0 Å². The topological polar surface area (TPSA) is 21.3 Å². The molecule has 1 aliphatic rings. The minimum atomic E-state index is 0.660. The van der Waals surface area contributed by atoms with Crippen molar-refractivity contribution in [2.45, 2.75) is 26.2 Å². The summed E-state index contributed by atoms with van der Waals surface area (Å²) in [6.07, 6.45) is 3.67. The predicted octanol–water partition coefficient (Wildman–Crippen LogP) is 3.28. The van der Waals surface area contributed by atoms with Crippen LogP contribution in [0.4, 0.5) is 0 Å². The molecule has 17 heavy (non-hydrogen) atoms. The average molecular weight is 254 g/mol. The number of nitrogens with one attached hydrogen (secondary N) is 1. The molecule has 94 valence electrons. The van der Waals surface area contributed by atoms with Gasteiger partial charge < -0.3 is 10.1 Å². The van der Waals surface area contributed by atoms with E-state index in [1.165, 1.54) is 18.4 Å². The quantitative estimate of drug-likeness (QED) is 0.889. The summed E-state index contributed by atoms with van der Waals surface area (Å²) in [6.45, 7) is 4.93. The second-order valence-electron chi connectivity index (χ2n) is 4.60. The van der Waals surface area contributed by atoms with Crippen LogP contribution < -0.4 is 10.1 Å². The van der Waals surface area contributed by atoms with Gasteiger partial charge in [-0.25, -0.2) is 0 Å². The van der Waals surface area contributed by atoms with Gasteiger partial charge in [0.05, 0.1) is 11.6 Å². The Kier molecular flexibility index (Phi) is 4.69. The summed E-state index contributed by atoms with van der Waals surface area (Å²) in [5.74, 6) is 1.59. The molecule has 1 fully saturated rings. The zero-order valence-corrected chi connectivity index (χ0v) is 11.1. The minimum absolute atomic E-state index is 0.660. The Bertz CT molecular complexity index is 361. The van der Waals surface area contributed by atoms with Gasteiger partial charge >= 0.3 is 0 Å². The molecule has 1 aliphatic heterocycles. The van der Waals surface area contributed by atoms with Crippen LogP contribution >= 0.6 is 11.6 Å². The first-order chi connectivity index (χ1) is 8.29. The fraction of sp³-hybridized carbons (Fsp3) is 0.571. The Balaban J connectivity index is 1.98. The molecule has 1 N–H and O–H groups in total. The fourth-order valence-electron chi connectivity index (χ4n) is 2.36. The molecule has 2 nitrogen and oxygen atoms in total. The van der Waals surface area contributed by atoms with Crippen LogP contribution in [0.3, 0.4) is 0 Å². The molecular formula is C14H20ClNO. The number of benzene rings is 1. The van der Waals surface area contributed by atoms with E-state index in [0.29, 0.717) is 6.61 Å². The van der Waals surface area contributed by atoms with Crippen LogP contribution in [0, 0.1) is 5.92 Å². The smallest absolute Gasteiger partial charge is 0.137 e. The highest BCUT2D eigenvalue weighted by Crippen LogP contribution is 2.27. The van der Waals surface area contributed by atoms with Gasteiger partial charge in [-0.05, 0) is 62.9 Å². The summed E-state index contributed by atoms with van der Waals surface area (Å²) in [4.78, 5) is 0. The second-order valence-corrected chi connectivity index (χ2v) is 5.00. The van der Waals surface area contributed by atoms with Crippen molar-refractivity contribution in [3.8, 4) is 5.75 Å². The number of hydrogen-bond acceptors (Lipinski definition) is 2. The van der Waals surface area contributed by atoms with E-state index in [1.807, 2.05) is 13.0 Å². The molecule has 2 rings (SSSR count). The van der Waals surface area contributed by atoms with E-state index < -0.39 is 0 Å². The summed E-state index contributed by atoms with van der Waals surface area (Å²) in [5, 5.41) is 4.13. The van der Waals surface area contributed by atoms with Crippen molar-refractivity contribution in [1.29, 1.82) is 0 Å². The van der Waals surface area contributed by atoms with Crippen LogP contribution in [-0.2, 0) is 6.42 Å². The molecule has 1 aromatic carbocycles. The van der Waals surface area contributed by atoms with Gasteiger partial charge in [-0.2, -0.15) is 0 Å². The van der Waals surface area contributed by atoms with Crippen molar-refractivity contribution in [1.82, 2.24) is 5.32 Å². The third-order valence-corrected chi connectivity index (χ3v) is 3.57. The molecule has 0 saturated carbocycles. The third-order valence-electron chi connectivity index (χ3n) is 3.28. The lowest BCUT2D eigenvalue weighted by molar-refractivity contribution is 0.340. The van der Waals surface area contributed by atoms with Crippen LogP contribution in [0.2, 0.25) is 5.02 Å². The second kappa shape index (κ2) is 6.27. The fourth-order valence-corrected chi connectivity index (χ4v) is 2.62. The molecule has 0 aromatic heterocycles. The zero-order chi connectivity index (χ0) is 12.1. The maximum absolute atomic E-state index is 6.19. The Labute approximate surface area is 108 Å². The van der Waals surface area contributed by atoms with Crippen molar-refractivity contribution in [3.05, 3.63) is 28.8 Å². The van der Waals surface area contributed by atoms with Gasteiger partial charge in [0.1, 0.15) is 5.75 Å². The van der Waals surface area contributed by atoms with Gasteiger partial charge in [-0.1, -0.05) is 17.7 Å². The number of rotatable bonds is 4. The summed E-state index contributed by atoms with van der Waals surface area (Å²) in [7, 11) is 0. The monoisotopic (exact) mass is 253 g/mol. The average Bonchev–Trinajstić information content (AvgIpc) is 2.34. The van der Waals surface area contributed by atoms with E-state index in [-0.39, 0.29) is 0 Å². The normalized spacial score (nSPS) is 17.1. The molecule has 1 heterocycles. The van der Waals surface area contributed by atoms with E-state index in [9.17, 15) is 0 Å². The first-order valence-electron chi connectivity index (χ1n) is 6.41. The highest BCUT2D eigenvalue weighted by atomic mass is 35.5. The highest BCUT2D eigenvalue weighted by molar-refractivity contribution is 6.32. The SMILES string of the molecule is CCOc1ccc(CC2CCNCC2)cc1Cl. The summed E-state index contributed by atoms with van der Waals surface area (Å²) in [5.41, 5.74) is 1.32. The molecule has 3 heteroatoms. The van der Waals surface area contributed by atoms with E-state index in [0.717, 1.165) is 36.2 Å². The highest BCUT2D eigenvalue weighted by Gasteiger charge is 2.14. The summed E-state index contributed by atoms with van der Waals surface area (Å²) in [6, 6.07) is 6.18.